The second-order valence-electron chi connectivity index (χ2n) is 4.15. The number of phenolic OH excluding ortho intramolecular Hbond substituents is 1. The summed E-state index contributed by atoms with van der Waals surface area (Å²) in [7, 11) is 1.70. The number of aryl methyl sites for hydroxylation is 2. The van der Waals surface area contributed by atoms with Crippen molar-refractivity contribution in [3.63, 3.8) is 0 Å². The minimum Gasteiger partial charge on any atom is -0.507 e. The number of benzene rings is 1. The first kappa shape index (κ1) is 13.0. The average molecular weight is 222 g/mol. The van der Waals surface area contributed by atoms with E-state index < -0.39 is 0 Å². The Balaban J connectivity index is 2.98. The SMILES string of the molecule is CCCCc1cc(COC)cc(CC)c1O. The number of unbranched alkanes of at least 4 members (excludes halogenated alkanes) is 1. The van der Waals surface area contributed by atoms with Crippen LogP contribution in [-0.2, 0) is 24.2 Å². The Morgan fingerprint density at radius 2 is 1.88 bits per heavy atom. The van der Waals surface area contributed by atoms with Crippen LogP contribution in [0.15, 0.2) is 12.1 Å². The van der Waals surface area contributed by atoms with Crippen molar-refractivity contribution in [3.05, 3.63) is 28.8 Å². The summed E-state index contributed by atoms with van der Waals surface area (Å²) >= 11 is 0. The largest absolute Gasteiger partial charge is 0.507 e. The van der Waals surface area contributed by atoms with Crippen LogP contribution in [-0.4, -0.2) is 12.2 Å². The minimum absolute atomic E-state index is 0.482. The maximum atomic E-state index is 10.1. The van der Waals surface area contributed by atoms with Gasteiger partial charge in [0.1, 0.15) is 5.75 Å². The van der Waals surface area contributed by atoms with Crippen molar-refractivity contribution in [2.24, 2.45) is 0 Å². The Hall–Kier alpha value is -1.02. The summed E-state index contributed by atoms with van der Waals surface area (Å²) in [5.41, 5.74) is 3.25. The molecule has 0 unspecified atom stereocenters. The van der Waals surface area contributed by atoms with Gasteiger partial charge in [0.05, 0.1) is 6.61 Å². The van der Waals surface area contributed by atoms with E-state index in [1.165, 1.54) is 0 Å². The number of hydrogen-bond acceptors (Lipinski definition) is 2. The van der Waals surface area contributed by atoms with Crippen LogP contribution >= 0.6 is 0 Å². The maximum Gasteiger partial charge on any atom is 0.121 e. The van der Waals surface area contributed by atoms with E-state index in [-0.39, 0.29) is 0 Å². The highest BCUT2D eigenvalue weighted by atomic mass is 16.5. The van der Waals surface area contributed by atoms with Gasteiger partial charge in [-0.05, 0) is 48.1 Å². The molecule has 1 rings (SSSR count). The zero-order valence-electron chi connectivity index (χ0n) is 10.5. The predicted octanol–water partition coefficient (Wildman–Crippen LogP) is 3.44. The van der Waals surface area contributed by atoms with Gasteiger partial charge in [-0.15, -0.1) is 0 Å². The molecule has 0 amide bonds. The number of phenols is 1. The van der Waals surface area contributed by atoms with Crippen molar-refractivity contribution in [2.75, 3.05) is 7.11 Å². The Morgan fingerprint density at radius 3 is 2.44 bits per heavy atom. The molecule has 0 aliphatic carbocycles. The first-order valence-corrected chi connectivity index (χ1v) is 6.05. The van der Waals surface area contributed by atoms with Crippen molar-refractivity contribution < 1.29 is 9.84 Å². The number of ether oxygens (including phenoxy) is 1. The van der Waals surface area contributed by atoms with Gasteiger partial charge in [-0.1, -0.05) is 20.3 Å². The highest BCUT2D eigenvalue weighted by molar-refractivity contribution is 5.43. The molecule has 0 saturated heterocycles. The van der Waals surface area contributed by atoms with Crippen LogP contribution in [0.3, 0.4) is 0 Å². The highest BCUT2D eigenvalue weighted by Crippen LogP contribution is 2.27. The van der Waals surface area contributed by atoms with Gasteiger partial charge < -0.3 is 9.84 Å². The molecule has 0 aliphatic heterocycles. The monoisotopic (exact) mass is 222 g/mol. The standard InChI is InChI=1S/C14H22O2/c1-4-6-7-13-9-11(10-16-3)8-12(5-2)14(13)15/h8-9,15H,4-7,10H2,1-3H3. The normalized spacial score (nSPS) is 10.7. The Bertz CT molecular complexity index is 332. The zero-order chi connectivity index (χ0) is 12.0. The number of rotatable bonds is 6. The second-order valence-corrected chi connectivity index (χ2v) is 4.15. The lowest BCUT2D eigenvalue weighted by molar-refractivity contribution is 0.184. The molecule has 0 heterocycles. The summed E-state index contributed by atoms with van der Waals surface area (Å²) in [6.07, 6.45) is 4.08. The summed E-state index contributed by atoms with van der Waals surface area (Å²) in [5, 5.41) is 10.1. The van der Waals surface area contributed by atoms with Crippen LogP contribution in [0, 0.1) is 0 Å². The van der Waals surface area contributed by atoms with Crippen molar-refractivity contribution in [1.82, 2.24) is 0 Å². The van der Waals surface area contributed by atoms with E-state index in [0.29, 0.717) is 12.4 Å². The molecule has 0 bridgehead atoms. The fourth-order valence-corrected chi connectivity index (χ4v) is 1.91. The van der Waals surface area contributed by atoms with Crippen molar-refractivity contribution >= 4 is 0 Å². The van der Waals surface area contributed by atoms with E-state index in [0.717, 1.165) is 42.4 Å². The van der Waals surface area contributed by atoms with Crippen molar-refractivity contribution in [1.29, 1.82) is 0 Å². The van der Waals surface area contributed by atoms with Gasteiger partial charge in [-0.25, -0.2) is 0 Å². The van der Waals surface area contributed by atoms with Gasteiger partial charge in [-0.3, -0.25) is 0 Å². The Labute approximate surface area is 98.3 Å². The fourth-order valence-electron chi connectivity index (χ4n) is 1.91. The molecule has 16 heavy (non-hydrogen) atoms. The van der Waals surface area contributed by atoms with Gasteiger partial charge in [0.2, 0.25) is 0 Å². The summed E-state index contributed by atoms with van der Waals surface area (Å²) in [4.78, 5) is 0. The van der Waals surface area contributed by atoms with Crippen LogP contribution < -0.4 is 0 Å². The Kier molecular flexibility index (Phi) is 5.33. The van der Waals surface area contributed by atoms with E-state index in [2.05, 4.69) is 19.9 Å². The molecule has 1 aromatic carbocycles. The first-order valence-electron chi connectivity index (χ1n) is 6.05. The van der Waals surface area contributed by atoms with Gasteiger partial charge in [-0.2, -0.15) is 0 Å². The zero-order valence-corrected chi connectivity index (χ0v) is 10.5. The van der Waals surface area contributed by atoms with Crippen LogP contribution in [0.2, 0.25) is 0 Å². The van der Waals surface area contributed by atoms with Crippen molar-refractivity contribution in [2.45, 2.75) is 46.1 Å². The third-order valence-corrected chi connectivity index (χ3v) is 2.82. The summed E-state index contributed by atoms with van der Waals surface area (Å²) in [6, 6.07) is 4.10. The molecule has 0 fully saturated rings. The highest BCUT2D eigenvalue weighted by Gasteiger charge is 2.08. The topological polar surface area (TPSA) is 29.5 Å². The third-order valence-electron chi connectivity index (χ3n) is 2.82. The van der Waals surface area contributed by atoms with E-state index in [4.69, 9.17) is 4.74 Å². The molecule has 0 atom stereocenters. The van der Waals surface area contributed by atoms with Crippen LogP contribution in [0.5, 0.6) is 5.75 Å². The lowest BCUT2D eigenvalue weighted by atomic mass is 9.99. The Morgan fingerprint density at radius 1 is 1.19 bits per heavy atom. The molecule has 1 aromatic rings. The fraction of sp³-hybridized carbons (Fsp3) is 0.571. The third kappa shape index (κ3) is 3.24. The lowest BCUT2D eigenvalue weighted by Crippen LogP contribution is -1.96. The molecule has 0 radical (unpaired) electrons. The average Bonchev–Trinajstić information content (AvgIpc) is 2.29. The number of hydrogen-bond donors (Lipinski definition) is 1. The molecule has 0 aliphatic rings. The molecular formula is C14H22O2. The van der Waals surface area contributed by atoms with E-state index in [1.807, 2.05) is 6.07 Å². The van der Waals surface area contributed by atoms with Gasteiger partial charge in [0.15, 0.2) is 0 Å². The molecule has 1 N–H and O–H groups in total. The quantitative estimate of drug-likeness (QED) is 0.799. The second kappa shape index (κ2) is 6.54. The van der Waals surface area contributed by atoms with Crippen LogP contribution in [0.4, 0.5) is 0 Å². The van der Waals surface area contributed by atoms with Crippen molar-refractivity contribution in [3.8, 4) is 5.75 Å². The number of aromatic hydroxyl groups is 1. The molecule has 0 aromatic heterocycles. The van der Waals surface area contributed by atoms with E-state index in [9.17, 15) is 5.11 Å². The van der Waals surface area contributed by atoms with E-state index in [1.54, 1.807) is 7.11 Å². The van der Waals surface area contributed by atoms with Gasteiger partial charge in [0, 0.05) is 7.11 Å². The van der Waals surface area contributed by atoms with E-state index >= 15 is 0 Å². The lowest BCUT2D eigenvalue weighted by Gasteiger charge is -2.11. The molecule has 90 valence electrons. The molecule has 0 saturated carbocycles. The van der Waals surface area contributed by atoms with Crippen LogP contribution in [0.25, 0.3) is 0 Å². The van der Waals surface area contributed by atoms with Crippen LogP contribution in [0.1, 0.15) is 43.4 Å². The van der Waals surface area contributed by atoms with Gasteiger partial charge >= 0.3 is 0 Å². The predicted molar refractivity (Wildman–Crippen MR) is 66.8 cm³/mol. The molecule has 2 nitrogen and oxygen atoms in total. The smallest absolute Gasteiger partial charge is 0.121 e. The molecule has 2 heteroatoms. The summed E-state index contributed by atoms with van der Waals surface area (Å²) < 4.78 is 5.15. The molecular weight excluding hydrogens is 200 g/mol. The molecule has 0 spiro atoms. The summed E-state index contributed by atoms with van der Waals surface area (Å²) in [5.74, 6) is 0.482. The minimum atomic E-state index is 0.482. The summed E-state index contributed by atoms with van der Waals surface area (Å²) in [6.45, 7) is 4.85. The van der Waals surface area contributed by atoms with Gasteiger partial charge in [0.25, 0.3) is 0 Å². The first-order chi connectivity index (χ1) is 7.72. The number of methoxy groups -OCH3 is 1. The maximum absolute atomic E-state index is 10.1.